The highest BCUT2D eigenvalue weighted by Gasteiger charge is 2.36. The van der Waals surface area contributed by atoms with Gasteiger partial charge in [0.05, 0.1) is 24.6 Å². The predicted octanol–water partition coefficient (Wildman–Crippen LogP) is 4.83. The predicted molar refractivity (Wildman–Crippen MR) is 139 cm³/mol. The number of nitrogens with zero attached hydrogens (tertiary/aromatic N) is 3. The summed E-state index contributed by atoms with van der Waals surface area (Å²) < 4.78 is 7.35. The third-order valence-electron chi connectivity index (χ3n) is 5.76. The van der Waals surface area contributed by atoms with Gasteiger partial charge < -0.3 is 15.0 Å². The summed E-state index contributed by atoms with van der Waals surface area (Å²) in [6.45, 7) is 17.0. The van der Waals surface area contributed by atoms with Crippen molar-refractivity contribution in [3.05, 3.63) is 78.0 Å². The van der Waals surface area contributed by atoms with Crippen LogP contribution in [0, 0.1) is 0 Å². The molecule has 1 atom stereocenters. The molecule has 33 heavy (non-hydrogen) atoms. The Hall–Kier alpha value is -2.61. The number of allylic oxidation sites excluding steroid dienone is 8. The summed E-state index contributed by atoms with van der Waals surface area (Å²) in [5, 5.41) is 8.25. The van der Waals surface area contributed by atoms with Gasteiger partial charge in [-0.15, -0.1) is 11.8 Å². The second-order valence-corrected chi connectivity index (χ2v) is 9.02. The molecule has 0 bridgehead atoms. The van der Waals surface area contributed by atoms with E-state index < -0.39 is 0 Å². The molecule has 1 fully saturated rings. The van der Waals surface area contributed by atoms with Gasteiger partial charge in [-0.05, 0) is 39.4 Å². The number of fused-ring (bicyclic) bond motifs is 1. The van der Waals surface area contributed by atoms with E-state index in [2.05, 4.69) is 25.1 Å². The minimum absolute atomic E-state index is 0.0406. The molecule has 3 heterocycles. The van der Waals surface area contributed by atoms with Crippen LogP contribution in [0.4, 0.5) is 0 Å². The summed E-state index contributed by atoms with van der Waals surface area (Å²) in [5.41, 5.74) is 4.25. The number of hydrogen-bond donors (Lipinski definition) is 1. The van der Waals surface area contributed by atoms with Crippen molar-refractivity contribution >= 4 is 28.9 Å². The average molecular weight is 467 g/mol. The fourth-order valence-corrected chi connectivity index (χ4v) is 5.46. The number of carbonyl (C=O) groups is 1. The van der Waals surface area contributed by atoms with Crippen molar-refractivity contribution in [2.45, 2.75) is 25.0 Å². The Kier molecular flexibility index (Phi) is 9.11. The minimum atomic E-state index is -0.0406. The highest BCUT2D eigenvalue weighted by molar-refractivity contribution is 8.03. The summed E-state index contributed by atoms with van der Waals surface area (Å²) >= 11 is 1.75. The summed E-state index contributed by atoms with van der Waals surface area (Å²) in [6, 6.07) is 0. The van der Waals surface area contributed by atoms with Crippen LogP contribution in [0.25, 0.3) is 11.3 Å². The molecule has 6 nitrogen and oxygen atoms in total. The van der Waals surface area contributed by atoms with Gasteiger partial charge in [-0.2, -0.15) is 5.10 Å². The molecule has 7 heteroatoms. The largest absolute Gasteiger partial charge is 0.378 e. The molecule has 1 aromatic rings. The van der Waals surface area contributed by atoms with E-state index in [0.717, 1.165) is 46.8 Å². The van der Waals surface area contributed by atoms with E-state index >= 15 is 0 Å². The molecule has 176 valence electrons. The van der Waals surface area contributed by atoms with E-state index in [4.69, 9.17) is 9.84 Å². The highest BCUT2D eigenvalue weighted by Crippen LogP contribution is 2.51. The van der Waals surface area contributed by atoms with E-state index in [-0.39, 0.29) is 11.2 Å². The monoisotopic (exact) mass is 466 g/mol. The number of morpholine rings is 1. The van der Waals surface area contributed by atoms with Crippen molar-refractivity contribution < 1.29 is 9.53 Å². The second kappa shape index (κ2) is 12.0. The maximum absolute atomic E-state index is 13.7. The number of rotatable bonds is 10. The Morgan fingerprint density at radius 3 is 2.64 bits per heavy atom. The molecule has 1 N–H and O–H groups in total. The quantitative estimate of drug-likeness (QED) is 0.395. The van der Waals surface area contributed by atoms with Gasteiger partial charge in [-0.1, -0.05) is 50.1 Å². The molecule has 3 rings (SSSR count). The molecular formula is C26H34N4O2S. The zero-order chi connectivity index (χ0) is 23.8. The minimum Gasteiger partial charge on any atom is -0.378 e. The first-order valence-electron chi connectivity index (χ1n) is 11.4. The number of nitrogens with one attached hydrogen (secondary N) is 1. The van der Waals surface area contributed by atoms with E-state index in [9.17, 15) is 4.79 Å². The number of carbonyl (C=O) groups excluding carboxylic acids is 1. The van der Waals surface area contributed by atoms with Crippen LogP contribution in [0.1, 0.15) is 46.8 Å². The molecule has 0 spiro atoms. The Labute approximate surface area is 201 Å². The van der Waals surface area contributed by atoms with E-state index in [0.29, 0.717) is 32.0 Å². The van der Waals surface area contributed by atoms with E-state index in [1.165, 1.54) is 0 Å². The average Bonchev–Trinajstić information content (AvgIpc) is 3.25. The summed E-state index contributed by atoms with van der Waals surface area (Å²) in [7, 11) is 1.96. The smallest absolute Gasteiger partial charge is 0.274 e. The van der Waals surface area contributed by atoms with Crippen LogP contribution < -0.4 is 5.32 Å². The molecule has 2 aliphatic heterocycles. The molecule has 1 amide bonds. The fraction of sp³-hybridized carbons (Fsp3) is 0.385. The maximum atomic E-state index is 13.7. The topological polar surface area (TPSA) is 59.4 Å². The molecule has 1 saturated heterocycles. The third-order valence-corrected chi connectivity index (χ3v) is 7.16. The lowest BCUT2D eigenvalue weighted by molar-refractivity contribution is 0.0298. The standard InChI is InChI=1S/C26H34N4O2S/c1-6-10-12-19(7-2)30-25-20(8-3)21(9-4)33-22(13-11-14-27-5)23(25)24(28-30)26(31)29-15-17-32-18-16-29/h6-10,12,22,27H,1,3-4,11,13-18H2,2,5H3/b12-10-,19-7+. The molecule has 1 unspecified atom stereocenters. The molecular weight excluding hydrogens is 432 g/mol. The SMILES string of the molecule is C=C/C=C\C(=C/C)n1nc(C(=O)N2CCOCC2)c2c1C(C=C)=C(C=C)SC2CCCNC. The summed E-state index contributed by atoms with van der Waals surface area (Å²) in [4.78, 5) is 16.6. The lowest BCUT2D eigenvalue weighted by Gasteiger charge is -2.29. The normalized spacial score (nSPS) is 19.0. The highest BCUT2D eigenvalue weighted by atomic mass is 32.2. The van der Waals surface area contributed by atoms with Crippen molar-refractivity contribution in [3.8, 4) is 0 Å². The lowest BCUT2D eigenvalue weighted by atomic mass is 9.98. The van der Waals surface area contributed by atoms with Crippen LogP contribution in [-0.2, 0) is 4.74 Å². The Morgan fingerprint density at radius 2 is 2.03 bits per heavy atom. The van der Waals surface area contributed by atoms with E-state index in [1.54, 1.807) is 17.8 Å². The van der Waals surface area contributed by atoms with Gasteiger partial charge in [0, 0.05) is 34.4 Å². The van der Waals surface area contributed by atoms with Crippen molar-refractivity contribution in [3.63, 3.8) is 0 Å². The summed E-state index contributed by atoms with van der Waals surface area (Å²) in [5.74, 6) is -0.0406. The van der Waals surface area contributed by atoms with Crippen molar-refractivity contribution in [2.75, 3.05) is 39.9 Å². The Balaban J connectivity index is 2.24. The van der Waals surface area contributed by atoms with E-state index in [1.807, 2.05) is 53.9 Å². The van der Waals surface area contributed by atoms with Crippen LogP contribution in [0.2, 0.25) is 0 Å². The zero-order valence-electron chi connectivity index (χ0n) is 19.7. The summed E-state index contributed by atoms with van der Waals surface area (Å²) in [6.07, 6.45) is 13.2. The molecule has 0 aromatic carbocycles. The second-order valence-electron chi connectivity index (χ2n) is 7.77. The zero-order valence-corrected chi connectivity index (χ0v) is 20.5. The number of amides is 1. The molecule has 1 aromatic heterocycles. The van der Waals surface area contributed by atoms with Gasteiger partial charge in [0.25, 0.3) is 5.91 Å². The van der Waals surface area contributed by atoms with Gasteiger partial charge in [-0.3, -0.25) is 4.79 Å². The van der Waals surface area contributed by atoms with Crippen molar-refractivity contribution in [1.29, 1.82) is 0 Å². The van der Waals surface area contributed by atoms with Crippen molar-refractivity contribution in [1.82, 2.24) is 20.0 Å². The molecule has 0 saturated carbocycles. The fourth-order valence-electron chi connectivity index (χ4n) is 4.13. The van der Waals surface area contributed by atoms with Crippen molar-refractivity contribution in [2.24, 2.45) is 0 Å². The van der Waals surface area contributed by atoms with Gasteiger partial charge in [0.2, 0.25) is 0 Å². The maximum Gasteiger partial charge on any atom is 0.274 e. The van der Waals surface area contributed by atoms with Gasteiger partial charge in [0.15, 0.2) is 5.69 Å². The number of ether oxygens (including phenoxy) is 1. The lowest BCUT2D eigenvalue weighted by Crippen LogP contribution is -2.41. The van der Waals surface area contributed by atoms with Crippen LogP contribution in [0.15, 0.2) is 61.1 Å². The first-order valence-corrected chi connectivity index (χ1v) is 12.3. The number of aromatic nitrogens is 2. The molecule has 2 aliphatic rings. The van der Waals surface area contributed by atoms with Crippen LogP contribution >= 0.6 is 11.8 Å². The van der Waals surface area contributed by atoms with Crippen LogP contribution in [0.5, 0.6) is 0 Å². The molecule has 0 radical (unpaired) electrons. The van der Waals surface area contributed by atoms with Crippen LogP contribution in [0.3, 0.4) is 0 Å². The number of hydrogen-bond acceptors (Lipinski definition) is 5. The third kappa shape index (κ3) is 5.32. The van der Waals surface area contributed by atoms with Gasteiger partial charge >= 0.3 is 0 Å². The molecule has 0 aliphatic carbocycles. The van der Waals surface area contributed by atoms with Gasteiger partial charge in [-0.25, -0.2) is 4.68 Å². The van der Waals surface area contributed by atoms with Crippen LogP contribution in [-0.4, -0.2) is 60.5 Å². The first-order chi connectivity index (χ1) is 16.1. The Bertz CT molecular complexity index is 996. The van der Waals surface area contributed by atoms with Gasteiger partial charge in [0.1, 0.15) is 0 Å². The number of thioether (sulfide) groups is 1. The Morgan fingerprint density at radius 1 is 1.27 bits per heavy atom. The first kappa shape index (κ1) is 25.0.